The summed E-state index contributed by atoms with van der Waals surface area (Å²) in [6, 6.07) is 2.15. The van der Waals surface area contributed by atoms with Gasteiger partial charge in [-0.15, -0.1) is 11.3 Å². The minimum Gasteiger partial charge on any atom is -0.389 e. The third-order valence-electron chi connectivity index (χ3n) is 2.05. The molecule has 1 rings (SSSR count). The zero-order valence-electron chi connectivity index (χ0n) is 9.13. The monoisotopic (exact) mass is 213 g/mol. The maximum atomic E-state index is 9.47. The van der Waals surface area contributed by atoms with Crippen LogP contribution in [0, 0.1) is 6.92 Å². The summed E-state index contributed by atoms with van der Waals surface area (Å²) in [6.07, 6.45) is 1.06. The van der Waals surface area contributed by atoms with Crippen LogP contribution in [0.4, 0.5) is 0 Å². The molecule has 0 aliphatic heterocycles. The molecule has 0 amide bonds. The van der Waals surface area contributed by atoms with Crippen molar-refractivity contribution < 1.29 is 5.11 Å². The highest BCUT2D eigenvalue weighted by atomic mass is 32.1. The Morgan fingerprint density at radius 3 is 2.71 bits per heavy atom. The summed E-state index contributed by atoms with van der Waals surface area (Å²) in [5.41, 5.74) is 0.768. The lowest BCUT2D eigenvalue weighted by Gasteiger charge is -2.17. The van der Waals surface area contributed by atoms with E-state index in [1.54, 1.807) is 11.3 Å². The molecule has 0 aromatic carbocycles. The number of thiophene rings is 1. The lowest BCUT2D eigenvalue weighted by molar-refractivity contribution is 0.0801. The Bertz CT molecular complexity index is 275. The summed E-state index contributed by atoms with van der Waals surface area (Å²) in [6.45, 7) is 7.36. The van der Waals surface area contributed by atoms with Gasteiger partial charge in [0, 0.05) is 18.0 Å². The van der Waals surface area contributed by atoms with E-state index in [0.717, 1.165) is 13.0 Å². The molecule has 1 aromatic heterocycles. The van der Waals surface area contributed by atoms with Crippen LogP contribution in [-0.4, -0.2) is 23.8 Å². The van der Waals surface area contributed by atoms with Crippen LogP contribution in [-0.2, 0) is 6.42 Å². The molecule has 0 radical (unpaired) electrons. The molecule has 0 unspecified atom stereocenters. The second-order valence-corrected chi connectivity index (χ2v) is 5.27. The lowest BCUT2D eigenvalue weighted by atomic mass is 10.1. The fraction of sp³-hybridized carbons (Fsp3) is 0.636. The third-order valence-corrected chi connectivity index (χ3v) is 3.14. The molecule has 1 heterocycles. The van der Waals surface area contributed by atoms with Crippen LogP contribution in [0.3, 0.4) is 0 Å². The van der Waals surface area contributed by atoms with E-state index in [1.165, 1.54) is 10.4 Å². The second-order valence-electron chi connectivity index (χ2n) is 4.27. The van der Waals surface area contributed by atoms with Crippen molar-refractivity contribution in [1.82, 2.24) is 5.32 Å². The summed E-state index contributed by atoms with van der Waals surface area (Å²) >= 11 is 1.80. The predicted molar refractivity (Wildman–Crippen MR) is 61.9 cm³/mol. The number of nitrogens with one attached hydrogen (secondary N) is 1. The van der Waals surface area contributed by atoms with Crippen molar-refractivity contribution in [3.63, 3.8) is 0 Å². The van der Waals surface area contributed by atoms with Gasteiger partial charge in [-0.1, -0.05) is 0 Å². The van der Waals surface area contributed by atoms with Crippen LogP contribution in [0.15, 0.2) is 11.4 Å². The summed E-state index contributed by atoms with van der Waals surface area (Å²) in [4.78, 5) is 1.44. The maximum absolute atomic E-state index is 9.47. The molecular formula is C11H19NOS. The van der Waals surface area contributed by atoms with Gasteiger partial charge in [-0.05, 0) is 44.2 Å². The maximum Gasteiger partial charge on any atom is 0.0715 e. The first-order chi connectivity index (χ1) is 6.49. The minimum atomic E-state index is -0.607. The van der Waals surface area contributed by atoms with Gasteiger partial charge < -0.3 is 10.4 Å². The number of hydrogen-bond donors (Lipinski definition) is 2. The molecule has 0 atom stereocenters. The Balaban J connectivity index is 2.20. The largest absolute Gasteiger partial charge is 0.389 e. The number of aryl methyl sites for hydroxylation is 1. The van der Waals surface area contributed by atoms with Gasteiger partial charge in [0.25, 0.3) is 0 Å². The van der Waals surface area contributed by atoms with Gasteiger partial charge in [-0.25, -0.2) is 0 Å². The molecule has 80 valence electrons. The Morgan fingerprint density at radius 1 is 1.50 bits per heavy atom. The predicted octanol–water partition coefficient (Wildman–Crippen LogP) is 1.96. The fourth-order valence-electron chi connectivity index (χ4n) is 1.26. The zero-order valence-corrected chi connectivity index (χ0v) is 9.95. The van der Waals surface area contributed by atoms with Gasteiger partial charge in [-0.2, -0.15) is 0 Å². The Kier molecular flexibility index (Phi) is 4.11. The smallest absolute Gasteiger partial charge is 0.0715 e. The van der Waals surface area contributed by atoms with Gasteiger partial charge in [-0.3, -0.25) is 0 Å². The van der Waals surface area contributed by atoms with E-state index in [2.05, 4.69) is 23.7 Å². The van der Waals surface area contributed by atoms with Gasteiger partial charge in [0.15, 0.2) is 0 Å². The highest BCUT2D eigenvalue weighted by Gasteiger charge is 2.10. The molecule has 0 aliphatic carbocycles. The van der Waals surface area contributed by atoms with E-state index in [9.17, 15) is 5.11 Å². The highest BCUT2D eigenvalue weighted by Crippen LogP contribution is 2.15. The summed E-state index contributed by atoms with van der Waals surface area (Å²) < 4.78 is 0. The van der Waals surface area contributed by atoms with E-state index in [4.69, 9.17) is 0 Å². The van der Waals surface area contributed by atoms with Crippen molar-refractivity contribution in [1.29, 1.82) is 0 Å². The first-order valence-electron chi connectivity index (χ1n) is 4.95. The third kappa shape index (κ3) is 4.22. The van der Waals surface area contributed by atoms with Crippen LogP contribution in [0.1, 0.15) is 24.3 Å². The summed E-state index contributed by atoms with van der Waals surface area (Å²) in [5.74, 6) is 0. The molecule has 14 heavy (non-hydrogen) atoms. The molecule has 0 aliphatic rings. The van der Waals surface area contributed by atoms with Crippen LogP contribution in [0.2, 0.25) is 0 Å². The lowest BCUT2D eigenvalue weighted by Crippen LogP contribution is -2.35. The molecule has 2 nitrogen and oxygen atoms in total. The Morgan fingerprint density at radius 2 is 2.21 bits per heavy atom. The summed E-state index contributed by atoms with van der Waals surface area (Å²) in [7, 11) is 0. The molecule has 3 heteroatoms. The van der Waals surface area contributed by atoms with Crippen molar-refractivity contribution >= 4 is 11.3 Å². The van der Waals surface area contributed by atoms with Crippen molar-refractivity contribution in [2.75, 3.05) is 13.1 Å². The van der Waals surface area contributed by atoms with Gasteiger partial charge in [0.05, 0.1) is 5.60 Å². The molecular weight excluding hydrogens is 194 g/mol. The van der Waals surface area contributed by atoms with Crippen LogP contribution < -0.4 is 5.32 Å². The van der Waals surface area contributed by atoms with Gasteiger partial charge in [0.2, 0.25) is 0 Å². The normalized spacial score (nSPS) is 12.0. The van der Waals surface area contributed by atoms with E-state index in [1.807, 2.05) is 13.8 Å². The number of hydrogen-bond acceptors (Lipinski definition) is 3. The van der Waals surface area contributed by atoms with E-state index < -0.39 is 5.60 Å². The van der Waals surface area contributed by atoms with Gasteiger partial charge >= 0.3 is 0 Å². The Labute approximate surface area is 90.0 Å². The molecule has 0 fully saturated rings. The standard InChI is InChI=1S/C11H19NOS/c1-9-5-7-14-10(9)4-6-12-8-11(2,3)13/h5,7,12-13H,4,6,8H2,1-3H3. The quantitative estimate of drug-likeness (QED) is 0.733. The molecule has 0 bridgehead atoms. The summed E-state index contributed by atoms with van der Waals surface area (Å²) in [5, 5.41) is 14.8. The first kappa shape index (κ1) is 11.7. The van der Waals surface area contributed by atoms with Crippen LogP contribution in [0.5, 0.6) is 0 Å². The molecule has 0 spiro atoms. The minimum absolute atomic E-state index is 0.607. The number of rotatable bonds is 5. The molecule has 2 N–H and O–H groups in total. The van der Waals surface area contributed by atoms with E-state index >= 15 is 0 Å². The topological polar surface area (TPSA) is 32.3 Å². The molecule has 1 aromatic rings. The fourth-order valence-corrected chi connectivity index (χ4v) is 2.17. The van der Waals surface area contributed by atoms with Crippen LogP contribution >= 0.6 is 11.3 Å². The average molecular weight is 213 g/mol. The Hall–Kier alpha value is -0.380. The van der Waals surface area contributed by atoms with Gasteiger partial charge in [0.1, 0.15) is 0 Å². The van der Waals surface area contributed by atoms with Crippen molar-refractivity contribution in [3.05, 3.63) is 21.9 Å². The second kappa shape index (κ2) is 4.91. The first-order valence-corrected chi connectivity index (χ1v) is 5.83. The molecule has 0 saturated heterocycles. The molecule has 0 saturated carbocycles. The van der Waals surface area contributed by atoms with Crippen molar-refractivity contribution in [3.8, 4) is 0 Å². The van der Waals surface area contributed by atoms with Crippen LogP contribution in [0.25, 0.3) is 0 Å². The zero-order chi connectivity index (χ0) is 10.6. The SMILES string of the molecule is Cc1ccsc1CCNCC(C)(C)O. The van der Waals surface area contributed by atoms with Crippen molar-refractivity contribution in [2.45, 2.75) is 32.8 Å². The van der Waals surface area contributed by atoms with E-state index in [0.29, 0.717) is 6.54 Å². The number of aliphatic hydroxyl groups is 1. The average Bonchev–Trinajstić information content (AvgIpc) is 2.44. The van der Waals surface area contributed by atoms with Crippen molar-refractivity contribution in [2.24, 2.45) is 0 Å². The van der Waals surface area contributed by atoms with E-state index in [-0.39, 0.29) is 0 Å². The highest BCUT2D eigenvalue weighted by molar-refractivity contribution is 7.10.